The van der Waals surface area contributed by atoms with Crippen molar-refractivity contribution in [1.29, 1.82) is 0 Å². The number of phenolic OH excluding ortho intramolecular Hbond substituents is 1. The zero-order chi connectivity index (χ0) is 17.1. The SMILES string of the molecule is Cc1ccc(C(=O)NN=Cc2c(Br)cc(Br)c(O)c2Br)c(Cl)c1. The van der Waals surface area contributed by atoms with Crippen molar-refractivity contribution in [1.82, 2.24) is 5.43 Å². The molecule has 8 heteroatoms. The molecule has 0 aliphatic rings. The lowest BCUT2D eigenvalue weighted by Crippen LogP contribution is -2.18. The molecule has 0 fully saturated rings. The van der Waals surface area contributed by atoms with Gasteiger partial charge in [-0.05, 0) is 62.5 Å². The van der Waals surface area contributed by atoms with E-state index in [1.54, 1.807) is 24.3 Å². The molecule has 0 aromatic heterocycles. The van der Waals surface area contributed by atoms with Gasteiger partial charge in [-0.15, -0.1) is 0 Å². The van der Waals surface area contributed by atoms with Crippen LogP contribution in [0.15, 0.2) is 42.8 Å². The van der Waals surface area contributed by atoms with E-state index in [-0.39, 0.29) is 5.75 Å². The Kier molecular flexibility index (Phi) is 6.25. The molecule has 120 valence electrons. The summed E-state index contributed by atoms with van der Waals surface area (Å²) in [6.45, 7) is 1.89. The third-order valence-electron chi connectivity index (χ3n) is 2.91. The first-order valence-electron chi connectivity index (χ1n) is 6.27. The average molecular weight is 525 g/mol. The molecule has 0 aliphatic carbocycles. The lowest BCUT2D eigenvalue weighted by Gasteiger charge is -2.07. The molecule has 2 N–H and O–H groups in total. The van der Waals surface area contributed by atoms with Gasteiger partial charge in [0.15, 0.2) is 0 Å². The number of hydrogen-bond donors (Lipinski definition) is 2. The Morgan fingerprint density at radius 2 is 1.96 bits per heavy atom. The van der Waals surface area contributed by atoms with Crippen LogP contribution in [0.2, 0.25) is 5.02 Å². The summed E-state index contributed by atoms with van der Waals surface area (Å²) in [6.07, 6.45) is 1.42. The van der Waals surface area contributed by atoms with E-state index in [1.165, 1.54) is 6.21 Å². The van der Waals surface area contributed by atoms with E-state index in [9.17, 15) is 9.90 Å². The molecule has 2 aromatic carbocycles. The predicted octanol–water partition coefficient (Wildman–Crippen LogP) is 5.41. The van der Waals surface area contributed by atoms with Gasteiger partial charge in [-0.1, -0.05) is 33.6 Å². The van der Waals surface area contributed by atoms with E-state index < -0.39 is 5.91 Å². The highest BCUT2D eigenvalue weighted by Gasteiger charge is 2.13. The lowest BCUT2D eigenvalue weighted by atomic mass is 10.1. The molecule has 4 nitrogen and oxygen atoms in total. The van der Waals surface area contributed by atoms with Crippen LogP contribution < -0.4 is 5.43 Å². The molecular weight excluding hydrogens is 515 g/mol. The number of amides is 1. The molecule has 0 radical (unpaired) electrons. The normalized spacial score (nSPS) is 11.0. The molecule has 2 aromatic rings. The van der Waals surface area contributed by atoms with Crippen LogP contribution in [0, 0.1) is 6.92 Å². The van der Waals surface area contributed by atoms with Crippen LogP contribution in [-0.4, -0.2) is 17.2 Å². The summed E-state index contributed by atoms with van der Waals surface area (Å²) in [5, 5.41) is 14.1. The van der Waals surface area contributed by atoms with Gasteiger partial charge in [0.2, 0.25) is 0 Å². The minimum Gasteiger partial charge on any atom is -0.506 e. The van der Waals surface area contributed by atoms with E-state index in [4.69, 9.17) is 11.6 Å². The minimum atomic E-state index is -0.417. The fraction of sp³-hybridized carbons (Fsp3) is 0.0667. The van der Waals surface area contributed by atoms with Gasteiger partial charge in [0.25, 0.3) is 5.91 Å². The molecule has 23 heavy (non-hydrogen) atoms. The zero-order valence-corrected chi connectivity index (χ0v) is 17.2. The van der Waals surface area contributed by atoms with Crippen LogP contribution in [0.3, 0.4) is 0 Å². The molecule has 0 unspecified atom stereocenters. The highest BCUT2D eigenvalue weighted by atomic mass is 79.9. The number of benzene rings is 2. The number of carbonyl (C=O) groups is 1. The third-order valence-corrected chi connectivity index (χ3v) is 5.29. The van der Waals surface area contributed by atoms with Crippen molar-refractivity contribution in [2.24, 2.45) is 5.10 Å². The molecule has 0 atom stereocenters. The smallest absolute Gasteiger partial charge is 0.272 e. The maximum absolute atomic E-state index is 12.1. The standard InChI is InChI=1S/C15H10Br3ClN2O2/c1-7-2-3-8(12(19)4-7)15(23)21-20-6-9-10(16)5-11(17)14(22)13(9)18/h2-6,22H,1H3,(H,21,23). The van der Waals surface area contributed by atoms with Gasteiger partial charge in [-0.25, -0.2) is 5.43 Å². The molecule has 0 saturated carbocycles. The van der Waals surface area contributed by atoms with Gasteiger partial charge in [-0.3, -0.25) is 4.79 Å². The molecular formula is C15H10Br3ClN2O2. The van der Waals surface area contributed by atoms with Crippen LogP contribution in [0.25, 0.3) is 0 Å². The molecule has 0 heterocycles. The Morgan fingerprint density at radius 1 is 1.26 bits per heavy atom. The van der Waals surface area contributed by atoms with Gasteiger partial charge < -0.3 is 5.11 Å². The number of aryl methyl sites for hydroxylation is 1. The lowest BCUT2D eigenvalue weighted by molar-refractivity contribution is 0.0955. The number of aromatic hydroxyl groups is 1. The molecule has 1 amide bonds. The fourth-order valence-corrected chi connectivity index (χ4v) is 4.38. The Labute approximate surface area is 163 Å². The maximum atomic E-state index is 12.1. The van der Waals surface area contributed by atoms with Crippen LogP contribution in [0.4, 0.5) is 0 Å². The van der Waals surface area contributed by atoms with Crippen LogP contribution in [-0.2, 0) is 0 Å². The van der Waals surface area contributed by atoms with Gasteiger partial charge in [-0.2, -0.15) is 5.10 Å². The molecule has 0 saturated heterocycles. The molecule has 0 aliphatic heterocycles. The van der Waals surface area contributed by atoms with Gasteiger partial charge in [0.05, 0.1) is 25.7 Å². The Morgan fingerprint density at radius 3 is 2.61 bits per heavy atom. The fourth-order valence-electron chi connectivity index (χ4n) is 1.73. The summed E-state index contributed by atoms with van der Waals surface area (Å²) in [4.78, 5) is 12.1. The van der Waals surface area contributed by atoms with Crippen LogP contribution >= 0.6 is 59.4 Å². The second kappa shape index (κ2) is 7.79. The minimum absolute atomic E-state index is 0.0440. The first-order valence-corrected chi connectivity index (χ1v) is 9.03. The Bertz CT molecular complexity index is 810. The number of carbonyl (C=O) groups excluding carboxylic acids is 1. The number of halogens is 4. The van der Waals surface area contributed by atoms with Gasteiger partial charge in [0, 0.05) is 10.0 Å². The number of hydrazone groups is 1. The molecule has 0 spiro atoms. The Hall–Kier alpha value is -0.890. The summed E-state index contributed by atoms with van der Waals surface area (Å²) in [5.74, 6) is -0.373. The number of hydrogen-bond acceptors (Lipinski definition) is 3. The quantitative estimate of drug-likeness (QED) is 0.416. The van der Waals surface area contributed by atoms with Gasteiger partial charge in [0.1, 0.15) is 5.75 Å². The summed E-state index contributed by atoms with van der Waals surface area (Å²) < 4.78 is 1.68. The van der Waals surface area contributed by atoms with Crippen molar-refractivity contribution in [2.75, 3.05) is 0 Å². The maximum Gasteiger partial charge on any atom is 0.272 e. The summed E-state index contributed by atoms with van der Waals surface area (Å²) >= 11 is 15.9. The summed E-state index contributed by atoms with van der Waals surface area (Å²) in [7, 11) is 0. The van der Waals surface area contributed by atoms with Crippen molar-refractivity contribution in [2.45, 2.75) is 6.92 Å². The number of phenols is 1. The van der Waals surface area contributed by atoms with E-state index in [1.807, 2.05) is 6.92 Å². The van der Waals surface area contributed by atoms with Crippen LogP contribution in [0.1, 0.15) is 21.5 Å². The van der Waals surface area contributed by atoms with Crippen molar-refractivity contribution in [3.05, 3.63) is 59.4 Å². The van der Waals surface area contributed by atoms with Crippen molar-refractivity contribution < 1.29 is 9.90 Å². The average Bonchev–Trinajstić information content (AvgIpc) is 2.48. The van der Waals surface area contributed by atoms with Crippen molar-refractivity contribution >= 4 is 71.5 Å². The summed E-state index contributed by atoms with van der Waals surface area (Å²) in [6, 6.07) is 6.82. The highest BCUT2D eigenvalue weighted by Crippen LogP contribution is 2.38. The van der Waals surface area contributed by atoms with E-state index in [0.29, 0.717) is 29.6 Å². The first-order chi connectivity index (χ1) is 10.8. The monoisotopic (exact) mass is 522 g/mol. The second-order valence-corrected chi connectivity index (χ2v) is 7.51. The topological polar surface area (TPSA) is 61.7 Å². The molecule has 0 bridgehead atoms. The number of nitrogens with one attached hydrogen (secondary N) is 1. The number of nitrogens with zero attached hydrogens (tertiary/aromatic N) is 1. The van der Waals surface area contributed by atoms with E-state index >= 15 is 0 Å². The predicted molar refractivity (Wildman–Crippen MR) is 102 cm³/mol. The first kappa shape index (κ1) is 18.4. The molecule has 2 rings (SSSR count). The van der Waals surface area contributed by atoms with Gasteiger partial charge >= 0.3 is 0 Å². The number of rotatable bonds is 3. The van der Waals surface area contributed by atoms with Crippen LogP contribution in [0.5, 0.6) is 5.75 Å². The van der Waals surface area contributed by atoms with Crippen molar-refractivity contribution in [3.8, 4) is 5.75 Å². The third kappa shape index (κ3) is 4.35. The Balaban J connectivity index is 2.19. The zero-order valence-electron chi connectivity index (χ0n) is 11.7. The van der Waals surface area contributed by atoms with E-state index in [2.05, 4.69) is 58.3 Å². The van der Waals surface area contributed by atoms with E-state index in [0.717, 1.165) is 5.56 Å². The van der Waals surface area contributed by atoms with Crippen molar-refractivity contribution in [3.63, 3.8) is 0 Å². The summed E-state index contributed by atoms with van der Waals surface area (Å²) in [5.41, 5.74) is 4.30. The highest BCUT2D eigenvalue weighted by molar-refractivity contribution is 9.11. The second-order valence-electron chi connectivity index (χ2n) is 4.60. The largest absolute Gasteiger partial charge is 0.506 e.